The first-order valence-corrected chi connectivity index (χ1v) is 5.98. The number of amides is 1. The van der Waals surface area contributed by atoms with E-state index in [9.17, 15) is 4.79 Å². The minimum atomic E-state index is -0.0118. The van der Waals surface area contributed by atoms with Crippen molar-refractivity contribution in [2.45, 2.75) is 33.1 Å². The highest BCUT2D eigenvalue weighted by Gasteiger charge is 1.98. The van der Waals surface area contributed by atoms with Crippen LogP contribution in [0.3, 0.4) is 0 Å². The van der Waals surface area contributed by atoms with E-state index in [0.29, 0.717) is 6.42 Å². The van der Waals surface area contributed by atoms with Gasteiger partial charge in [-0.2, -0.15) is 5.10 Å². The topological polar surface area (TPSA) is 41.5 Å². The molecule has 0 aliphatic heterocycles. The predicted molar refractivity (Wildman–Crippen MR) is 64.3 cm³/mol. The van der Waals surface area contributed by atoms with Crippen LogP contribution < -0.4 is 5.43 Å². The largest absolute Gasteiger partial charge is 0.273 e. The number of nitrogens with zero attached hydrogens (tertiary/aromatic N) is 1. The van der Waals surface area contributed by atoms with Gasteiger partial charge in [-0.05, 0) is 30.4 Å². The highest BCUT2D eigenvalue weighted by atomic mass is 32.1. The van der Waals surface area contributed by atoms with E-state index >= 15 is 0 Å². The second-order valence-electron chi connectivity index (χ2n) is 3.36. The molecule has 3 nitrogen and oxygen atoms in total. The molecule has 0 aliphatic carbocycles. The molecule has 0 aromatic carbocycles. The number of thiophene rings is 1. The summed E-state index contributed by atoms with van der Waals surface area (Å²) in [7, 11) is 0. The van der Waals surface area contributed by atoms with Gasteiger partial charge < -0.3 is 0 Å². The van der Waals surface area contributed by atoms with Crippen molar-refractivity contribution in [3.05, 3.63) is 21.9 Å². The van der Waals surface area contributed by atoms with Gasteiger partial charge >= 0.3 is 0 Å². The lowest BCUT2D eigenvalue weighted by Crippen LogP contribution is -2.16. The fourth-order valence-corrected chi connectivity index (χ4v) is 1.86. The quantitative estimate of drug-likeness (QED) is 0.606. The maximum atomic E-state index is 11.2. The van der Waals surface area contributed by atoms with Crippen LogP contribution in [0.5, 0.6) is 0 Å². The number of unbranched alkanes of at least 4 members (excludes halogenated alkanes) is 1. The van der Waals surface area contributed by atoms with Crippen LogP contribution in [0, 0.1) is 6.92 Å². The van der Waals surface area contributed by atoms with Gasteiger partial charge in [0, 0.05) is 11.3 Å². The van der Waals surface area contributed by atoms with E-state index in [0.717, 1.165) is 17.7 Å². The Hall–Kier alpha value is -1.16. The lowest BCUT2D eigenvalue weighted by atomic mass is 10.2. The molecule has 1 N–H and O–H groups in total. The van der Waals surface area contributed by atoms with Gasteiger partial charge in [-0.25, -0.2) is 5.43 Å². The smallest absolute Gasteiger partial charge is 0.240 e. The van der Waals surface area contributed by atoms with E-state index in [-0.39, 0.29) is 5.91 Å². The second-order valence-corrected chi connectivity index (χ2v) is 4.31. The van der Waals surface area contributed by atoms with Gasteiger partial charge in [0.15, 0.2) is 0 Å². The van der Waals surface area contributed by atoms with E-state index in [2.05, 4.69) is 17.5 Å². The molecule has 1 heterocycles. The van der Waals surface area contributed by atoms with Crippen molar-refractivity contribution in [1.29, 1.82) is 0 Å². The third-order valence-electron chi connectivity index (χ3n) is 2.03. The van der Waals surface area contributed by atoms with Crippen molar-refractivity contribution in [3.8, 4) is 0 Å². The van der Waals surface area contributed by atoms with Crippen LogP contribution >= 0.6 is 11.3 Å². The summed E-state index contributed by atoms with van der Waals surface area (Å²) in [6, 6.07) is 2.03. The molecule has 0 saturated carbocycles. The predicted octanol–water partition coefficient (Wildman–Crippen LogP) is 2.70. The Labute approximate surface area is 94.2 Å². The average molecular weight is 224 g/mol. The van der Waals surface area contributed by atoms with Gasteiger partial charge in [-0.3, -0.25) is 4.79 Å². The van der Waals surface area contributed by atoms with E-state index < -0.39 is 0 Å². The van der Waals surface area contributed by atoms with Crippen LogP contribution in [0.2, 0.25) is 0 Å². The summed E-state index contributed by atoms with van der Waals surface area (Å²) in [5, 5.41) is 5.92. The fourth-order valence-electron chi connectivity index (χ4n) is 1.07. The maximum Gasteiger partial charge on any atom is 0.240 e. The number of aryl methyl sites for hydroxylation is 1. The Bertz CT molecular complexity index is 344. The van der Waals surface area contributed by atoms with Crippen LogP contribution in [-0.4, -0.2) is 12.1 Å². The zero-order chi connectivity index (χ0) is 11.1. The summed E-state index contributed by atoms with van der Waals surface area (Å²) in [4.78, 5) is 12.3. The van der Waals surface area contributed by atoms with Gasteiger partial charge in [-0.15, -0.1) is 11.3 Å². The summed E-state index contributed by atoms with van der Waals surface area (Å²) >= 11 is 1.62. The summed E-state index contributed by atoms with van der Waals surface area (Å²) < 4.78 is 0. The molecule has 1 amide bonds. The fraction of sp³-hybridized carbons (Fsp3) is 0.455. The monoisotopic (exact) mass is 224 g/mol. The van der Waals surface area contributed by atoms with Crippen LogP contribution in [0.25, 0.3) is 0 Å². The molecule has 0 fully saturated rings. The molecule has 1 aromatic rings. The Balaban J connectivity index is 2.34. The van der Waals surface area contributed by atoms with E-state index in [4.69, 9.17) is 0 Å². The molecule has 1 aromatic heterocycles. The van der Waals surface area contributed by atoms with Gasteiger partial charge in [-0.1, -0.05) is 13.3 Å². The molecule has 0 unspecified atom stereocenters. The first-order valence-electron chi connectivity index (χ1n) is 5.10. The molecule has 4 heteroatoms. The summed E-state index contributed by atoms with van der Waals surface area (Å²) in [5.41, 5.74) is 3.71. The molecule has 0 radical (unpaired) electrons. The average Bonchev–Trinajstić information content (AvgIpc) is 2.61. The van der Waals surface area contributed by atoms with Gasteiger partial charge in [0.2, 0.25) is 5.91 Å². The third kappa shape index (κ3) is 4.25. The first kappa shape index (κ1) is 11.9. The van der Waals surface area contributed by atoms with Gasteiger partial charge in [0.25, 0.3) is 0 Å². The molecule has 82 valence electrons. The first-order chi connectivity index (χ1) is 7.24. The van der Waals surface area contributed by atoms with Crippen molar-refractivity contribution in [2.75, 3.05) is 0 Å². The van der Waals surface area contributed by atoms with Gasteiger partial charge in [0.1, 0.15) is 0 Å². The van der Waals surface area contributed by atoms with Crippen LogP contribution in [0.15, 0.2) is 16.5 Å². The molecule has 0 saturated heterocycles. The number of hydrogen-bond donors (Lipinski definition) is 1. The zero-order valence-electron chi connectivity index (χ0n) is 9.12. The minimum Gasteiger partial charge on any atom is -0.273 e. The van der Waals surface area contributed by atoms with Crippen molar-refractivity contribution in [3.63, 3.8) is 0 Å². The number of carbonyl (C=O) groups is 1. The Morgan fingerprint density at radius 2 is 2.47 bits per heavy atom. The number of hydrazone groups is 1. The van der Waals surface area contributed by atoms with Crippen LogP contribution in [0.1, 0.15) is 36.6 Å². The number of carbonyl (C=O) groups excluding carboxylic acids is 1. The minimum absolute atomic E-state index is 0.0118. The highest BCUT2D eigenvalue weighted by Crippen LogP contribution is 2.12. The standard InChI is InChI=1S/C11H16N2OS/c1-3-4-5-11(14)13-12-8-10-9(2)6-7-15-10/h6-8H,3-5H2,1-2H3,(H,13,14)/b12-8+. The SMILES string of the molecule is CCCCC(=O)N/N=C/c1sccc1C. The molecule has 0 spiro atoms. The van der Waals surface area contributed by atoms with Crippen molar-refractivity contribution in [1.82, 2.24) is 5.43 Å². The van der Waals surface area contributed by atoms with E-state index in [1.165, 1.54) is 5.56 Å². The van der Waals surface area contributed by atoms with E-state index in [1.54, 1.807) is 17.6 Å². The highest BCUT2D eigenvalue weighted by molar-refractivity contribution is 7.11. The lowest BCUT2D eigenvalue weighted by molar-refractivity contribution is -0.121. The Morgan fingerprint density at radius 1 is 1.67 bits per heavy atom. The van der Waals surface area contributed by atoms with Crippen LogP contribution in [-0.2, 0) is 4.79 Å². The molecule has 0 atom stereocenters. The van der Waals surface area contributed by atoms with Crippen molar-refractivity contribution in [2.24, 2.45) is 5.10 Å². The summed E-state index contributed by atoms with van der Waals surface area (Å²) in [6.45, 7) is 4.09. The normalized spacial score (nSPS) is 10.8. The zero-order valence-corrected chi connectivity index (χ0v) is 9.93. The second kappa shape index (κ2) is 6.35. The number of nitrogens with one attached hydrogen (secondary N) is 1. The molecule has 1 rings (SSSR count). The maximum absolute atomic E-state index is 11.2. The molecular weight excluding hydrogens is 208 g/mol. The Morgan fingerprint density at radius 3 is 3.07 bits per heavy atom. The lowest BCUT2D eigenvalue weighted by Gasteiger charge is -1.96. The summed E-state index contributed by atoms with van der Waals surface area (Å²) in [6.07, 6.45) is 4.20. The number of rotatable bonds is 5. The molecule has 0 bridgehead atoms. The molecule has 0 aliphatic rings. The van der Waals surface area contributed by atoms with Crippen LogP contribution in [0.4, 0.5) is 0 Å². The number of hydrogen-bond acceptors (Lipinski definition) is 3. The van der Waals surface area contributed by atoms with Crippen molar-refractivity contribution >= 4 is 23.5 Å². The Kier molecular flexibility index (Phi) is 5.04. The molecular formula is C11H16N2OS. The van der Waals surface area contributed by atoms with Crippen molar-refractivity contribution < 1.29 is 4.79 Å². The summed E-state index contributed by atoms with van der Waals surface area (Å²) in [5.74, 6) is -0.0118. The van der Waals surface area contributed by atoms with E-state index in [1.807, 2.05) is 18.4 Å². The third-order valence-corrected chi connectivity index (χ3v) is 2.98. The van der Waals surface area contributed by atoms with Gasteiger partial charge in [0.05, 0.1) is 6.21 Å². The molecule has 15 heavy (non-hydrogen) atoms.